The molecule has 0 aliphatic carbocycles. The third kappa shape index (κ3) is 2.05. The summed E-state index contributed by atoms with van der Waals surface area (Å²) in [5.41, 5.74) is 2.95. The monoisotopic (exact) mass is 279 g/mol. The SMILES string of the molecule is c1ccc2c(C[C@H]3NCCc4sccc43)cccc2c1. The maximum Gasteiger partial charge on any atom is 0.0372 e. The Balaban J connectivity index is 1.73. The fraction of sp³-hybridized carbons (Fsp3) is 0.222. The van der Waals surface area contributed by atoms with Crippen molar-refractivity contribution in [1.29, 1.82) is 0 Å². The molecule has 0 unspecified atom stereocenters. The molecule has 0 saturated carbocycles. The second-order valence-corrected chi connectivity index (χ2v) is 6.40. The summed E-state index contributed by atoms with van der Waals surface area (Å²) in [6, 6.07) is 18.1. The highest BCUT2D eigenvalue weighted by Gasteiger charge is 2.21. The van der Waals surface area contributed by atoms with Gasteiger partial charge in [0, 0.05) is 17.5 Å². The molecule has 1 aliphatic rings. The minimum Gasteiger partial charge on any atom is -0.309 e. The van der Waals surface area contributed by atoms with Crippen LogP contribution in [0, 0.1) is 0 Å². The van der Waals surface area contributed by atoms with Crippen molar-refractivity contribution in [3.05, 3.63) is 69.9 Å². The Kier molecular flexibility index (Phi) is 3.06. The van der Waals surface area contributed by atoms with Gasteiger partial charge in [0.2, 0.25) is 0 Å². The van der Waals surface area contributed by atoms with E-state index in [4.69, 9.17) is 0 Å². The van der Waals surface area contributed by atoms with Gasteiger partial charge < -0.3 is 5.32 Å². The van der Waals surface area contributed by atoms with Gasteiger partial charge in [-0.3, -0.25) is 0 Å². The molecule has 0 fully saturated rings. The van der Waals surface area contributed by atoms with Gasteiger partial charge in [0.1, 0.15) is 0 Å². The Morgan fingerprint density at radius 2 is 1.95 bits per heavy atom. The zero-order valence-corrected chi connectivity index (χ0v) is 12.1. The lowest BCUT2D eigenvalue weighted by atomic mass is 9.93. The van der Waals surface area contributed by atoms with E-state index < -0.39 is 0 Å². The molecule has 20 heavy (non-hydrogen) atoms. The molecule has 0 amide bonds. The van der Waals surface area contributed by atoms with Gasteiger partial charge in [-0.05, 0) is 46.2 Å². The molecule has 0 radical (unpaired) electrons. The molecule has 3 aromatic rings. The smallest absolute Gasteiger partial charge is 0.0372 e. The van der Waals surface area contributed by atoms with E-state index in [-0.39, 0.29) is 0 Å². The van der Waals surface area contributed by atoms with Gasteiger partial charge in [-0.25, -0.2) is 0 Å². The Morgan fingerprint density at radius 1 is 1.05 bits per heavy atom. The van der Waals surface area contributed by atoms with E-state index in [1.165, 1.54) is 28.3 Å². The van der Waals surface area contributed by atoms with E-state index in [0.29, 0.717) is 6.04 Å². The zero-order valence-electron chi connectivity index (χ0n) is 11.3. The van der Waals surface area contributed by atoms with Crippen LogP contribution < -0.4 is 5.32 Å². The van der Waals surface area contributed by atoms with Crippen LogP contribution >= 0.6 is 11.3 Å². The molecular weight excluding hydrogens is 262 g/mol. The molecule has 0 spiro atoms. The number of hydrogen-bond donors (Lipinski definition) is 1. The maximum absolute atomic E-state index is 3.68. The summed E-state index contributed by atoms with van der Waals surface area (Å²) in [7, 11) is 0. The Morgan fingerprint density at radius 3 is 2.95 bits per heavy atom. The Labute approximate surface area is 123 Å². The maximum atomic E-state index is 3.68. The lowest BCUT2D eigenvalue weighted by Gasteiger charge is -2.25. The second-order valence-electron chi connectivity index (χ2n) is 5.40. The minimum absolute atomic E-state index is 0.468. The van der Waals surface area contributed by atoms with Crippen LogP contribution in [-0.4, -0.2) is 6.54 Å². The first-order valence-electron chi connectivity index (χ1n) is 7.18. The summed E-state index contributed by atoms with van der Waals surface area (Å²) in [5.74, 6) is 0. The molecule has 1 atom stereocenters. The van der Waals surface area contributed by atoms with Crippen LogP contribution in [0.1, 0.15) is 22.0 Å². The van der Waals surface area contributed by atoms with Gasteiger partial charge in [0.05, 0.1) is 0 Å². The average molecular weight is 279 g/mol. The molecule has 1 aromatic heterocycles. The van der Waals surface area contributed by atoms with Gasteiger partial charge >= 0.3 is 0 Å². The van der Waals surface area contributed by atoms with E-state index in [1.807, 2.05) is 11.3 Å². The molecule has 1 N–H and O–H groups in total. The fourth-order valence-electron chi connectivity index (χ4n) is 3.21. The number of hydrogen-bond acceptors (Lipinski definition) is 2. The van der Waals surface area contributed by atoms with Crippen molar-refractivity contribution in [2.45, 2.75) is 18.9 Å². The first-order chi connectivity index (χ1) is 9.92. The topological polar surface area (TPSA) is 12.0 Å². The van der Waals surface area contributed by atoms with Crippen LogP contribution in [0.2, 0.25) is 0 Å². The van der Waals surface area contributed by atoms with Crippen LogP contribution in [-0.2, 0) is 12.8 Å². The summed E-state index contributed by atoms with van der Waals surface area (Å²) < 4.78 is 0. The average Bonchev–Trinajstić information content (AvgIpc) is 2.97. The summed E-state index contributed by atoms with van der Waals surface area (Å²) in [5, 5.41) is 8.64. The molecule has 1 nitrogen and oxygen atoms in total. The predicted molar refractivity (Wildman–Crippen MR) is 86.4 cm³/mol. The molecule has 4 rings (SSSR count). The van der Waals surface area contributed by atoms with Gasteiger partial charge in [0.15, 0.2) is 0 Å². The fourth-order valence-corrected chi connectivity index (χ4v) is 4.15. The largest absolute Gasteiger partial charge is 0.309 e. The van der Waals surface area contributed by atoms with Crippen LogP contribution in [0.3, 0.4) is 0 Å². The van der Waals surface area contributed by atoms with Gasteiger partial charge in [0.25, 0.3) is 0 Å². The third-order valence-electron chi connectivity index (χ3n) is 4.20. The highest BCUT2D eigenvalue weighted by atomic mass is 32.1. The lowest BCUT2D eigenvalue weighted by molar-refractivity contribution is 0.509. The molecule has 1 aliphatic heterocycles. The van der Waals surface area contributed by atoms with E-state index in [0.717, 1.165) is 13.0 Å². The molecule has 0 saturated heterocycles. The third-order valence-corrected chi connectivity index (χ3v) is 5.20. The standard InChI is InChI=1S/C18H17NS/c1-2-7-15-13(4-1)5-3-6-14(15)12-17-16-9-11-20-18(16)8-10-19-17/h1-7,9,11,17,19H,8,10,12H2/t17-/m1/s1. The zero-order chi connectivity index (χ0) is 13.4. The van der Waals surface area contributed by atoms with E-state index in [1.54, 1.807) is 4.88 Å². The van der Waals surface area contributed by atoms with Crippen molar-refractivity contribution in [2.75, 3.05) is 6.54 Å². The van der Waals surface area contributed by atoms with Crippen molar-refractivity contribution in [3.63, 3.8) is 0 Å². The highest BCUT2D eigenvalue weighted by molar-refractivity contribution is 7.10. The predicted octanol–water partition coefficient (Wildman–Crippen LogP) is 4.33. The first kappa shape index (κ1) is 12.1. The van der Waals surface area contributed by atoms with Gasteiger partial charge in [-0.1, -0.05) is 42.5 Å². The number of thiophene rings is 1. The number of rotatable bonds is 2. The molecule has 2 heteroatoms. The van der Waals surface area contributed by atoms with Gasteiger partial charge in [-0.15, -0.1) is 11.3 Å². The molecule has 0 bridgehead atoms. The lowest BCUT2D eigenvalue weighted by Crippen LogP contribution is -2.30. The Bertz CT molecular complexity index is 739. The second kappa shape index (κ2) is 5.04. The molecular formula is C18H17NS. The van der Waals surface area contributed by atoms with E-state index in [2.05, 4.69) is 59.2 Å². The van der Waals surface area contributed by atoms with Crippen LogP contribution in [0.25, 0.3) is 10.8 Å². The number of fused-ring (bicyclic) bond motifs is 2. The number of benzene rings is 2. The normalized spacial score (nSPS) is 18.1. The van der Waals surface area contributed by atoms with Crippen molar-refractivity contribution in [2.24, 2.45) is 0 Å². The van der Waals surface area contributed by atoms with E-state index >= 15 is 0 Å². The highest BCUT2D eigenvalue weighted by Crippen LogP contribution is 2.31. The van der Waals surface area contributed by atoms with Crippen LogP contribution in [0.5, 0.6) is 0 Å². The first-order valence-corrected chi connectivity index (χ1v) is 8.06. The molecule has 100 valence electrons. The van der Waals surface area contributed by atoms with Crippen molar-refractivity contribution < 1.29 is 0 Å². The van der Waals surface area contributed by atoms with Crippen molar-refractivity contribution in [1.82, 2.24) is 5.32 Å². The molecule has 2 heterocycles. The van der Waals surface area contributed by atoms with Crippen molar-refractivity contribution in [3.8, 4) is 0 Å². The minimum atomic E-state index is 0.468. The van der Waals surface area contributed by atoms with Gasteiger partial charge in [-0.2, -0.15) is 0 Å². The van der Waals surface area contributed by atoms with Crippen LogP contribution in [0.4, 0.5) is 0 Å². The Hall–Kier alpha value is -1.64. The number of nitrogens with one attached hydrogen (secondary N) is 1. The van der Waals surface area contributed by atoms with Crippen molar-refractivity contribution >= 4 is 22.1 Å². The summed E-state index contributed by atoms with van der Waals surface area (Å²) in [6.45, 7) is 1.10. The summed E-state index contributed by atoms with van der Waals surface area (Å²) in [4.78, 5) is 1.56. The molecule has 2 aromatic carbocycles. The summed E-state index contributed by atoms with van der Waals surface area (Å²) in [6.07, 6.45) is 2.25. The quantitative estimate of drug-likeness (QED) is 0.736. The van der Waals surface area contributed by atoms with E-state index in [9.17, 15) is 0 Å². The van der Waals surface area contributed by atoms with Crippen LogP contribution in [0.15, 0.2) is 53.9 Å². The summed E-state index contributed by atoms with van der Waals surface area (Å²) >= 11 is 1.90.